The number of nitriles is 1. The number of halogens is 1. The number of benzene rings is 3. The van der Waals surface area contributed by atoms with E-state index in [1.807, 2.05) is 38.1 Å². The molecular formula is C41H47ClN4O5. The molecule has 268 valence electrons. The van der Waals surface area contributed by atoms with Crippen molar-refractivity contribution >= 4 is 17.6 Å². The lowest BCUT2D eigenvalue weighted by Gasteiger charge is -2.21. The molecule has 5 rings (SSSR count). The predicted octanol–water partition coefficient (Wildman–Crippen LogP) is 8.11. The standard InChI is InChI=1S/C41H47ClN4O5/c1-27(2)40(41(47)48)45-24-33-19-36(42)39(20-38(33)50-25-31-18-30(21-43)22-44-23-31)51-26-32-10-7-11-34(28(32)3)35-12-8-13-37(29(35)4)49-17-9-16-46-14-5-6-15-46/h7-8,10-13,18-20,22-23,27,40,45H,5-6,9,14-17,24-26H2,1-4H3,(H,47,48)/t40-/m0/s1. The largest absolute Gasteiger partial charge is 0.493 e. The molecule has 1 fully saturated rings. The molecule has 9 nitrogen and oxygen atoms in total. The number of hydrogen-bond acceptors (Lipinski definition) is 8. The number of nitrogens with zero attached hydrogens (tertiary/aromatic N) is 3. The summed E-state index contributed by atoms with van der Waals surface area (Å²) < 4.78 is 18.8. The van der Waals surface area contributed by atoms with Crippen LogP contribution in [0.15, 0.2) is 67.0 Å². The summed E-state index contributed by atoms with van der Waals surface area (Å²) in [5.41, 5.74) is 7.26. The highest BCUT2D eigenvalue weighted by Crippen LogP contribution is 2.36. The Balaban J connectivity index is 1.32. The van der Waals surface area contributed by atoms with E-state index < -0.39 is 12.0 Å². The van der Waals surface area contributed by atoms with Gasteiger partial charge in [0.25, 0.3) is 0 Å². The van der Waals surface area contributed by atoms with Crippen LogP contribution >= 0.6 is 11.6 Å². The van der Waals surface area contributed by atoms with Crippen molar-refractivity contribution < 1.29 is 24.1 Å². The van der Waals surface area contributed by atoms with Gasteiger partial charge in [-0.2, -0.15) is 5.26 Å². The van der Waals surface area contributed by atoms with Crippen LogP contribution in [0.25, 0.3) is 11.1 Å². The summed E-state index contributed by atoms with van der Waals surface area (Å²) in [6, 6.07) is 18.9. The van der Waals surface area contributed by atoms with Crippen molar-refractivity contribution in [2.24, 2.45) is 5.92 Å². The Morgan fingerprint density at radius 1 is 0.941 bits per heavy atom. The number of rotatable bonds is 17. The van der Waals surface area contributed by atoms with Crippen LogP contribution in [0.2, 0.25) is 5.02 Å². The quantitative estimate of drug-likeness (QED) is 0.105. The Hall–Kier alpha value is -4.62. The average molecular weight is 711 g/mol. The van der Waals surface area contributed by atoms with Gasteiger partial charge < -0.3 is 24.2 Å². The first-order valence-electron chi connectivity index (χ1n) is 17.6. The molecule has 1 aromatic heterocycles. The van der Waals surface area contributed by atoms with Gasteiger partial charge in [-0.1, -0.05) is 55.8 Å². The lowest BCUT2D eigenvalue weighted by Crippen LogP contribution is -2.40. The third-order valence-corrected chi connectivity index (χ3v) is 9.65. The molecule has 4 aromatic rings. The van der Waals surface area contributed by atoms with E-state index in [2.05, 4.69) is 47.3 Å². The Kier molecular flexibility index (Phi) is 13.3. The van der Waals surface area contributed by atoms with Gasteiger partial charge in [0.1, 0.15) is 42.6 Å². The number of carboxylic acids is 1. The van der Waals surface area contributed by atoms with E-state index in [1.165, 1.54) is 32.1 Å². The van der Waals surface area contributed by atoms with E-state index in [9.17, 15) is 15.2 Å². The number of aliphatic carboxylic acids is 1. The number of carboxylic acid groups (broad SMARTS) is 1. The zero-order valence-corrected chi connectivity index (χ0v) is 30.6. The summed E-state index contributed by atoms with van der Waals surface area (Å²) in [6.45, 7) is 12.7. The SMILES string of the molecule is Cc1c(COc2cc(OCc3cncc(C#N)c3)c(CN[C@H](C(=O)O)C(C)C)cc2Cl)cccc1-c1cccc(OCCCN2CCCC2)c1C. The molecule has 10 heteroatoms. The van der Waals surface area contributed by atoms with Gasteiger partial charge in [-0.25, -0.2) is 0 Å². The van der Waals surface area contributed by atoms with Crippen LogP contribution in [0.3, 0.4) is 0 Å². The van der Waals surface area contributed by atoms with Gasteiger partial charge in [0.2, 0.25) is 0 Å². The topological polar surface area (TPSA) is 117 Å². The molecule has 0 spiro atoms. The molecule has 1 aliphatic heterocycles. The van der Waals surface area contributed by atoms with Crippen LogP contribution in [-0.2, 0) is 24.6 Å². The van der Waals surface area contributed by atoms with Gasteiger partial charge in [-0.3, -0.25) is 15.1 Å². The van der Waals surface area contributed by atoms with Crippen molar-refractivity contribution in [3.05, 3.63) is 105 Å². The molecule has 0 amide bonds. The minimum absolute atomic E-state index is 0.132. The smallest absolute Gasteiger partial charge is 0.320 e. The van der Waals surface area contributed by atoms with E-state index in [-0.39, 0.29) is 25.7 Å². The lowest BCUT2D eigenvalue weighted by molar-refractivity contribution is -0.140. The molecule has 1 saturated heterocycles. The number of carbonyl (C=O) groups is 1. The summed E-state index contributed by atoms with van der Waals surface area (Å²) >= 11 is 6.77. The molecule has 0 bridgehead atoms. The van der Waals surface area contributed by atoms with Crippen molar-refractivity contribution in [1.29, 1.82) is 5.26 Å². The van der Waals surface area contributed by atoms with E-state index in [0.29, 0.717) is 34.3 Å². The second-order valence-electron chi connectivity index (χ2n) is 13.4. The molecule has 1 atom stereocenters. The zero-order valence-electron chi connectivity index (χ0n) is 29.9. The molecule has 0 saturated carbocycles. The maximum Gasteiger partial charge on any atom is 0.320 e. The normalized spacial score (nSPS) is 13.6. The Morgan fingerprint density at radius 3 is 2.39 bits per heavy atom. The molecule has 0 unspecified atom stereocenters. The summed E-state index contributed by atoms with van der Waals surface area (Å²) in [5, 5.41) is 22.5. The van der Waals surface area contributed by atoms with Gasteiger partial charge in [0.05, 0.1) is 17.2 Å². The van der Waals surface area contributed by atoms with Gasteiger partial charge in [-0.05, 0) is 98.1 Å². The first-order chi connectivity index (χ1) is 24.6. The van der Waals surface area contributed by atoms with Gasteiger partial charge in [0.15, 0.2) is 0 Å². The second kappa shape index (κ2) is 18.0. The maximum atomic E-state index is 11.9. The first kappa shape index (κ1) is 37.6. The van der Waals surface area contributed by atoms with E-state index >= 15 is 0 Å². The first-order valence-corrected chi connectivity index (χ1v) is 17.9. The third kappa shape index (κ3) is 10.0. The molecule has 0 radical (unpaired) electrons. The van der Waals surface area contributed by atoms with Crippen LogP contribution in [0, 0.1) is 31.1 Å². The number of pyridine rings is 1. The number of hydrogen-bond donors (Lipinski definition) is 2. The Labute approximate surface area is 306 Å². The fourth-order valence-electron chi connectivity index (χ4n) is 6.40. The highest BCUT2D eigenvalue weighted by molar-refractivity contribution is 6.32. The molecule has 1 aliphatic rings. The molecule has 51 heavy (non-hydrogen) atoms. The highest BCUT2D eigenvalue weighted by Gasteiger charge is 2.22. The lowest BCUT2D eigenvalue weighted by atomic mass is 9.93. The second-order valence-corrected chi connectivity index (χ2v) is 13.8. The maximum absolute atomic E-state index is 11.9. The Morgan fingerprint density at radius 2 is 1.67 bits per heavy atom. The summed E-state index contributed by atoms with van der Waals surface area (Å²) in [7, 11) is 0. The number of nitrogens with one attached hydrogen (secondary N) is 1. The number of likely N-dealkylation sites (tertiary alicyclic amines) is 1. The molecule has 2 heterocycles. The minimum Gasteiger partial charge on any atom is -0.493 e. The van der Waals surface area contributed by atoms with Crippen molar-refractivity contribution in [2.75, 3.05) is 26.2 Å². The third-order valence-electron chi connectivity index (χ3n) is 9.36. The number of ether oxygens (including phenoxy) is 3. The van der Waals surface area contributed by atoms with Crippen molar-refractivity contribution in [3.8, 4) is 34.4 Å². The highest BCUT2D eigenvalue weighted by atomic mass is 35.5. The van der Waals surface area contributed by atoms with E-state index in [4.69, 9.17) is 25.8 Å². The van der Waals surface area contributed by atoms with Crippen molar-refractivity contribution in [2.45, 2.75) is 72.8 Å². The van der Waals surface area contributed by atoms with Crippen LogP contribution in [0.1, 0.15) is 66.5 Å². The van der Waals surface area contributed by atoms with Gasteiger partial charge in [-0.15, -0.1) is 0 Å². The minimum atomic E-state index is -0.933. The molecule has 2 N–H and O–H groups in total. The van der Waals surface area contributed by atoms with E-state index in [1.54, 1.807) is 24.4 Å². The van der Waals surface area contributed by atoms with Crippen LogP contribution < -0.4 is 19.5 Å². The fraction of sp³-hybridized carbons (Fsp3) is 0.390. The summed E-state index contributed by atoms with van der Waals surface area (Å²) in [4.78, 5) is 18.5. The number of aromatic nitrogens is 1. The molecular weight excluding hydrogens is 664 g/mol. The molecule has 0 aliphatic carbocycles. The fourth-order valence-corrected chi connectivity index (χ4v) is 6.64. The zero-order chi connectivity index (χ0) is 36.3. The van der Waals surface area contributed by atoms with E-state index in [0.717, 1.165) is 52.1 Å². The summed E-state index contributed by atoms with van der Waals surface area (Å²) in [5.74, 6) is 0.755. The summed E-state index contributed by atoms with van der Waals surface area (Å²) in [6.07, 6.45) is 6.73. The average Bonchev–Trinajstić information content (AvgIpc) is 3.64. The van der Waals surface area contributed by atoms with Gasteiger partial charge >= 0.3 is 5.97 Å². The monoisotopic (exact) mass is 710 g/mol. The van der Waals surface area contributed by atoms with Crippen LogP contribution in [0.4, 0.5) is 0 Å². The van der Waals surface area contributed by atoms with Crippen LogP contribution in [-0.4, -0.2) is 53.2 Å². The molecule has 3 aromatic carbocycles. The van der Waals surface area contributed by atoms with Crippen molar-refractivity contribution in [3.63, 3.8) is 0 Å². The van der Waals surface area contributed by atoms with Gasteiger partial charge in [0, 0.05) is 42.7 Å². The Bertz CT molecular complexity index is 1850. The van der Waals surface area contributed by atoms with Crippen molar-refractivity contribution in [1.82, 2.24) is 15.2 Å². The predicted molar refractivity (Wildman–Crippen MR) is 199 cm³/mol. The van der Waals surface area contributed by atoms with Crippen LogP contribution in [0.5, 0.6) is 17.2 Å².